The normalized spacial score (nSPS) is 45.3. The molecule has 0 spiro atoms. The molecule has 8 saturated carbocycles. The number of aliphatic hydroxyl groups is 1. The molecule has 18 aliphatic carbocycles. The molecule has 13 heteroatoms. The molecular weight excluding hydrogens is 1520 g/mol. The van der Waals surface area contributed by atoms with Gasteiger partial charge in [0.05, 0.1) is 5.92 Å². The summed E-state index contributed by atoms with van der Waals surface area (Å²) in [5.74, 6) is 11.4. The third-order valence-corrected chi connectivity index (χ3v) is 37.0. The molecule has 0 heterocycles. The molecule has 8 fully saturated rings. The van der Waals surface area contributed by atoms with E-state index < -0.39 is 19.9 Å². The molecule has 0 aliphatic heterocycles. The number of carbonyl (C=O) groups excluding carboxylic acids is 5. The van der Waals surface area contributed by atoms with E-state index in [0.717, 1.165) is 129 Å². The van der Waals surface area contributed by atoms with E-state index in [1.165, 1.54) is 118 Å². The molecule has 600 valence electrons. The van der Waals surface area contributed by atoms with Gasteiger partial charge in [-0.3, -0.25) is 28.8 Å². The van der Waals surface area contributed by atoms with E-state index in [1.54, 1.807) is 5.57 Å². The molecule has 27 atom stereocenters. The van der Waals surface area contributed by atoms with E-state index in [2.05, 4.69) is 173 Å². The Morgan fingerprint density at radius 3 is 1.15 bits per heavy atom. The second-order valence-electron chi connectivity index (χ2n) is 40.8. The molecule has 0 aromatic carbocycles. The summed E-state index contributed by atoms with van der Waals surface area (Å²) in [5.41, 5.74) is 10.8. The van der Waals surface area contributed by atoms with Gasteiger partial charge in [0.1, 0.15) is 0 Å². The number of allylic oxidation sites excluding steroid dienone is 22. The predicted molar refractivity (Wildman–Crippen MR) is 438 cm³/mol. The molecule has 0 radical (unpaired) electrons. The van der Waals surface area contributed by atoms with Crippen molar-refractivity contribution in [2.24, 2.45) is 149 Å². The predicted octanol–water partition coefficient (Wildman–Crippen LogP) is 22.4. The Labute approximate surface area is 677 Å². The fraction of sp³-hybridized carbons (Fsp3) is 0.711. The molecule has 18 rings (SSSR count). The van der Waals surface area contributed by atoms with E-state index in [1.807, 2.05) is 37.3 Å². The van der Waals surface area contributed by atoms with Crippen LogP contribution in [0.4, 0.5) is 0 Å². The molecule has 2 N–H and O–H groups in total. The summed E-state index contributed by atoms with van der Waals surface area (Å²) >= 11 is -1.13. The van der Waals surface area contributed by atoms with Crippen LogP contribution in [0.5, 0.6) is 0 Å². The van der Waals surface area contributed by atoms with Crippen molar-refractivity contribution in [2.75, 3.05) is 6.61 Å². The molecule has 0 saturated heterocycles. The quantitative estimate of drug-likeness (QED) is 0.151. The first-order valence-corrected chi connectivity index (χ1v) is 46.3. The minimum absolute atomic E-state index is 0.130. The van der Waals surface area contributed by atoms with E-state index >= 15 is 0 Å². The zero-order chi connectivity index (χ0) is 79.2. The van der Waals surface area contributed by atoms with Gasteiger partial charge in [-0.15, -0.1) is 0 Å². The topological polar surface area (TPSA) is 194 Å². The van der Waals surface area contributed by atoms with Gasteiger partial charge in [-0.05, 0) is 356 Å². The Bertz CT molecular complexity index is 4130. The summed E-state index contributed by atoms with van der Waals surface area (Å²) in [6.07, 6.45) is 66.9. The van der Waals surface area contributed by atoms with Gasteiger partial charge in [-0.2, -0.15) is 0 Å². The molecule has 0 bridgehead atoms. The van der Waals surface area contributed by atoms with Crippen LogP contribution in [0.3, 0.4) is 0 Å². The van der Waals surface area contributed by atoms with Crippen LogP contribution in [0.15, 0.2) is 131 Å². The Kier molecular flexibility index (Phi) is 24.2. The van der Waals surface area contributed by atoms with Crippen molar-refractivity contribution in [1.29, 1.82) is 0 Å². The number of hydrogen-bond donors (Lipinski definition) is 2. The number of ketones is 5. The van der Waals surface area contributed by atoms with Crippen molar-refractivity contribution in [3.05, 3.63) is 131 Å². The van der Waals surface area contributed by atoms with Gasteiger partial charge in [0.2, 0.25) is 0 Å². The van der Waals surface area contributed by atoms with Gasteiger partial charge < -0.3 is 10.2 Å². The van der Waals surface area contributed by atoms with Crippen LogP contribution in [0.1, 0.15) is 270 Å². The molecule has 0 amide bonds. The van der Waals surface area contributed by atoms with Crippen LogP contribution in [0.2, 0.25) is 0 Å². The third-order valence-electron chi connectivity index (χ3n) is 36.1. The summed E-state index contributed by atoms with van der Waals surface area (Å²) in [6, 6.07) is 0. The standard InChI is InChI=1S/C22H30O3.C22H32O2.C21H29IO.C21H28O.C11H14O.Cr.3O/c1-13(20(24)25)17-6-7-18-16-5-4-14-12-15(23)8-10-21(14,2)19(16)9-11-22(17,18)3;1-14(13-23)18-6-7-19-17-5-4-15-12-16(24)8-10-21(15,2)20(17)9-11-22(18,19)3;1-13(22)17-6-7-18-16-5-4-14-12-15(23)8-10-20(14,2)19(16)9-11-21(17,18)3;1-4-14-6-8-18-17-7-5-15-13-16(22)9-11-21(15,3)19(17)10-12-20(14,18)2;1-11-6-3-2-4-9(11)8-10(12)5-7-11;;;;/h4-5,12-13,16-19H,6-11H2,1-3H3,(H,24,25);4-5,12,14,17-20,23H,6-11,13H2,1-3H3;4-5,12-13,16-19H,6-11H2,1-3H3;4-5,7,13,17-19H,6,8-12H2,1-3H3;2,4,8H,3,5-7H2,1H3;;;;/b;;;14-4-;;;;;/t13?,16?,17-,18?,19?,21+,22-;14?,17?,18-,19?,20?,21+,22-;13?,16?,17-,18?,19?,20+,21-;17?,18?,19?,20-,21+;11-;;;;/m11110..../s1. The Morgan fingerprint density at radius 1 is 0.427 bits per heavy atom. The van der Waals surface area contributed by atoms with E-state index in [4.69, 9.17) is 11.4 Å². The molecule has 0 aromatic rings. The van der Waals surface area contributed by atoms with Gasteiger partial charge in [0, 0.05) is 42.6 Å². The number of carboxylic acid groups (broad SMARTS) is 1. The fourth-order valence-electron chi connectivity index (χ4n) is 29.3. The number of carbonyl (C=O) groups is 6. The number of fused-ring (bicyclic) bond motifs is 21. The first-order chi connectivity index (χ1) is 52.0. The summed E-state index contributed by atoms with van der Waals surface area (Å²) in [7, 11) is 0. The number of aliphatic hydroxyl groups excluding tert-OH is 1. The first kappa shape index (κ1) is 83.5. The molecule has 110 heavy (non-hydrogen) atoms. The Morgan fingerprint density at radius 2 is 0.764 bits per heavy atom. The maximum absolute atomic E-state index is 11.9. The minimum atomic E-state index is -3.79. The van der Waals surface area contributed by atoms with Crippen LogP contribution in [-0.2, 0) is 54.1 Å². The molecule has 0 aromatic heterocycles. The van der Waals surface area contributed by atoms with Gasteiger partial charge in [0.15, 0.2) is 28.9 Å². The molecule has 15 unspecified atom stereocenters. The van der Waals surface area contributed by atoms with E-state index in [9.17, 15) is 39.0 Å². The van der Waals surface area contributed by atoms with Crippen molar-refractivity contribution >= 4 is 57.5 Å². The van der Waals surface area contributed by atoms with Gasteiger partial charge in [-0.1, -0.05) is 178 Å². The third kappa shape index (κ3) is 14.8. The van der Waals surface area contributed by atoms with Crippen molar-refractivity contribution in [1.82, 2.24) is 0 Å². The monoisotopic (exact) mass is 1650 g/mol. The fourth-order valence-corrected chi connectivity index (χ4v) is 30.5. The van der Waals surface area contributed by atoms with Gasteiger partial charge in [0.25, 0.3) is 0 Å². The van der Waals surface area contributed by atoms with Crippen molar-refractivity contribution in [3.63, 3.8) is 0 Å². The van der Waals surface area contributed by atoms with Crippen LogP contribution >= 0.6 is 22.6 Å². The van der Waals surface area contributed by atoms with Crippen LogP contribution < -0.4 is 0 Å². The summed E-state index contributed by atoms with van der Waals surface area (Å²) in [4.78, 5) is 70.2. The zero-order valence-electron chi connectivity index (χ0n) is 69.0. The van der Waals surface area contributed by atoms with Gasteiger partial charge >= 0.3 is 31.3 Å². The number of aliphatic carboxylic acids is 1. The van der Waals surface area contributed by atoms with Crippen molar-refractivity contribution < 1.29 is 64.3 Å². The average Bonchev–Trinajstić information content (AvgIpc) is 1.50. The number of alkyl halides is 1. The van der Waals surface area contributed by atoms with Crippen LogP contribution in [-0.4, -0.2) is 55.6 Å². The van der Waals surface area contributed by atoms with Crippen LogP contribution in [0, 0.1) is 149 Å². The Hall–Kier alpha value is -4.42. The van der Waals surface area contributed by atoms with Gasteiger partial charge in [-0.25, -0.2) is 0 Å². The van der Waals surface area contributed by atoms with Crippen LogP contribution in [0.25, 0.3) is 0 Å². The SMILES string of the molecule is C/C=C1/CCC2C3C=CC4=CC(=O)CC[C@]4(C)C3CC[C@]12C.CC(C(=O)O)[C@H]1CCC2C3C=CC4=CC(=O)CC[C@]4(C)C3CC[C@@]21C.CC(CO)[C@H]1CCC2C3C=CC4=CC(=O)CC[C@]4(C)C3CC[C@@]21C.CC(I)[C@H]1CCC2C3C=CC4=CC(=O)CC[C@]4(C)C3CC[C@@]21C.C[C@@]12CCC=CC1=CC(=O)CC2.[O]=[Cr](=[O])=[O]. The second-order valence-corrected chi connectivity index (χ2v) is 43.4. The summed E-state index contributed by atoms with van der Waals surface area (Å²) < 4.78 is 26.4. The number of hydrogen-bond acceptors (Lipinski definition) is 10. The summed E-state index contributed by atoms with van der Waals surface area (Å²) in [6.45, 7) is 31.0. The van der Waals surface area contributed by atoms with Crippen molar-refractivity contribution in [3.8, 4) is 0 Å². The second kappa shape index (κ2) is 31.9. The van der Waals surface area contributed by atoms with E-state index in [0.29, 0.717) is 111 Å². The average molecular weight is 1650 g/mol. The molecular formula is C97H133CrIO11. The molecule has 18 aliphatic rings. The zero-order valence-corrected chi connectivity index (χ0v) is 72.4. The maximum atomic E-state index is 11.9. The number of carboxylic acids is 1. The number of rotatable bonds is 5. The Balaban J connectivity index is 0.000000121. The number of halogens is 1. The van der Waals surface area contributed by atoms with E-state index in [-0.39, 0.29) is 38.8 Å². The molecule has 11 nitrogen and oxygen atoms in total. The first-order valence-electron chi connectivity index (χ1n) is 43.5. The van der Waals surface area contributed by atoms with Crippen molar-refractivity contribution in [2.45, 2.75) is 274 Å². The summed E-state index contributed by atoms with van der Waals surface area (Å²) in [5, 5.41) is 19.2.